The molecule has 0 fully saturated rings. The van der Waals surface area contributed by atoms with Gasteiger partial charge in [-0.1, -0.05) is 18.2 Å². The molecule has 4 aromatic rings. The van der Waals surface area contributed by atoms with Gasteiger partial charge in [0.25, 0.3) is 5.91 Å². The van der Waals surface area contributed by atoms with Crippen molar-refractivity contribution in [2.45, 2.75) is 13.3 Å². The topological polar surface area (TPSA) is 64.7 Å². The fourth-order valence-electron chi connectivity index (χ4n) is 3.29. The van der Waals surface area contributed by atoms with E-state index >= 15 is 0 Å². The van der Waals surface area contributed by atoms with Gasteiger partial charge in [0.05, 0.1) is 11.4 Å². The molecule has 0 aliphatic carbocycles. The maximum Gasteiger partial charge on any atom is 0.270 e. The van der Waals surface area contributed by atoms with E-state index in [-0.39, 0.29) is 5.91 Å². The molecule has 0 spiro atoms. The Hall–Kier alpha value is -3.67. The van der Waals surface area contributed by atoms with E-state index in [1.165, 1.54) is 0 Å². The van der Waals surface area contributed by atoms with Crippen molar-refractivity contribution in [3.63, 3.8) is 0 Å². The largest absolute Gasteiger partial charge is 0.350 e. The van der Waals surface area contributed by atoms with Crippen LogP contribution >= 0.6 is 0 Å². The number of pyridine rings is 1. The van der Waals surface area contributed by atoms with Crippen molar-refractivity contribution in [2.75, 3.05) is 6.54 Å². The molecule has 1 amide bonds. The van der Waals surface area contributed by atoms with Crippen LogP contribution in [0.2, 0.25) is 0 Å². The summed E-state index contributed by atoms with van der Waals surface area (Å²) >= 11 is 0. The molecule has 0 saturated carbocycles. The highest BCUT2D eigenvalue weighted by Crippen LogP contribution is 2.22. The van der Waals surface area contributed by atoms with Crippen molar-refractivity contribution in [1.82, 2.24) is 24.6 Å². The van der Waals surface area contributed by atoms with E-state index in [0.717, 1.165) is 28.3 Å². The van der Waals surface area contributed by atoms with Gasteiger partial charge in [-0.05, 0) is 55.0 Å². The van der Waals surface area contributed by atoms with E-state index < -0.39 is 0 Å². The number of carbonyl (C=O) groups excluding carboxylic acids is 1. The summed E-state index contributed by atoms with van der Waals surface area (Å²) in [6, 6.07) is 19.6. The van der Waals surface area contributed by atoms with Crippen molar-refractivity contribution < 1.29 is 4.79 Å². The molecule has 29 heavy (non-hydrogen) atoms. The Morgan fingerprint density at radius 1 is 1.07 bits per heavy atom. The summed E-state index contributed by atoms with van der Waals surface area (Å²) in [7, 11) is 1.97. The Labute approximate surface area is 169 Å². The molecule has 1 N–H and O–H groups in total. The number of rotatable bonds is 6. The molecule has 146 valence electrons. The van der Waals surface area contributed by atoms with E-state index in [4.69, 9.17) is 5.10 Å². The molecule has 0 aliphatic rings. The van der Waals surface area contributed by atoms with E-state index in [9.17, 15) is 4.79 Å². The average molecular weight is 385 g/mol. The van der Waals surface area contributed by atoms with Crippen LogP contribution in [0.4, 0.5) is 0 Å². The molecule has 3 aromatic heterocycles. The van der Waals surface area contributed by atoms with Crippen LogP contribution in [0.15, 0.2) is 73.1 Å². The van der Waals surface area contributed by atoms with Crippen LogP contribution in [0, 0.1) is 6.92 Å². The molecule has 0 atom stereocenters. The Kier molecular flexibility index (Phi) is 5.24. The van der Waals surface area contributed by atoms with Crippen LogP contribution < -0.4 is 5.32 Å². The zero-order valence-electron chi connectivity index (χ0n) is 16.5. The first-order chi connectivity index (χ1) is 14.1. The van der Waals surface area contributed by atoms with E-state index in [2.05, 4.69) is 10.3 Å². The second-order valence-corrected chi connectivity index (χ2v) is 7.00. The molecule has 1 aromatic carbocycles. The quantitative estimate of drug-likeness (QED) is 0.552. The monoisotopic (exact) mass is 385 g/mol. The Morgan fingerprint density at radius 2 is 1.97 bits per heavy atom. The second kappa shape index (κ2) is 8.14. The molecular formula is C23H23N5O. The summed E-state index contributed by atoms with van der Waals surface area (Å²) in [5, 5.41) is 7.73. The first-order valence-electron chi connectivity index (χ1n) is 9.59. The first-order valence-corrected chi connectivity index (χ1v) is 9.59. The number of hydrogen-bond acceptors (Lipinski definition) is 3. The van der Waals surface area contributed by atoms with Gasteiger partial charge in [0.2, 0.25) is 0 Å². The fraction of sp³-hybridized carbons (Fsp3) is 0.174. The summed E-state index contributed by atoms with van der Waals surface area (Å²) in [6.45, 7) is 2.53. The van der Waals surface area contributed by atoms with Gasteiger partial charge in [-0.2, -0.15) is 5.10 Å². The number of carbonyl (C=O) groups is 1. The normalized spacial score (nSPS) is 10.8. The lowest BCUT2D eigenvalue weighted by molar-refractivity contribution is 0.0946. The van der Waals surface area contributed by atoms with Crippen LogP contribution in [0.1, 0.15) is 21.7 Å². The molecular weight excluding hydrogens is 362 g/mol. The van der Waals surface area contributed by atoms with Gasteiger partial charge in [-0.25, -0.2) is 4.68 Å². The number of amides is 1. The van der Waals surface area contributed by atoms with Crippen LogP contribution in [0.25, 0.3) is 17.1 Å². The van der Waals surface area contributed by atoms with Crippen molar-refractivity contribution in [3.8, 4) is 17.1 Å². The van der Waals surface area contributed by atoms with E-state index in [1.54, 1.807) is 10.9 Å². The van der Waals surface area contributed by atoms with Crippen molar-refractivity contribution in [1.29, 1.82) is 0 Å². The number of hydrogen-bond donors (Lipinski definition) is 1. The SMILES string of the molecule is Cc1cccc(-n2nc(-c3cccn3C)cc2C(=O)NCCc2ccccn2)c1. The number of nitrogens with one attached hydrogen (secondary N) is 1. The molecule has 0 radical (unpaired) electrons. The smallest absolute Gasteiger partial charge is 0.270 e. The van der Waals surface area contributed by atoms with Crippen LogP contribution in [-0.2, 0) is 13.5 Å². The van der Waals surface area contributed by atoms with Gasteiger partial charge >= 0.3 is 0 Å². The number of aryl methyl sites for hydroxylation is 2. The van der Waals surface area contributed by atoms with Gasteiger partial charge in [0.15, 0.2) is 0 Å². The summed E-state index contributed by atoms with van der Waals surface area (Å²) < 4.78 is 3.71. The molecule has 6 nitrogen and oxygen atoms in total. The molecule has 3 heterocycles. The van der Waals surface area contributed by atoms with E-state index in [0.29, 0.717) is 18.7 Å². The molecule has 0 aliphatic heterocycles. The first kappa shape index (κ1) is 18.7. The summed E-state index contributed by atoms with van der Waals surface area (Å²) in [6.07, 6.45) is 4.40. The number of aromatic nitrogens is 4. The zero-order chi connectivity index (χ0) is 20.2. The zero-order valence-corrected chi connectivity index (χ0v) is 16.5. The van der Waals surface area contributed by atoms with Gasteiger partial charge < -0.3 is 9.88 Å². The lowest BCUT2D eigenvalue weighted by atomic mass is 10.2. The predicted octanol–water partition coefficient (Wildman–Crippen LogP) is 3.55. The maximum absolute atomic E-state index is 13.0. The van der Waals surface area contributed by atoms with Crippen molar-refractivity contribution in [2.24, 2.45) is 7.05 Å². The van der Waals surface area contributed by atoms with Crippen molar-refractivity contribution in [3.05, 3.63) is 90.0 Å². The minimum absolute atomic E-state index is 0.157. The minimum atomic E-state index is -0.157. The number of nitrogens with zero attached hydrogens (tertiary/aromatic N) is 4. The Morgan fingerprint density at radius 3 is 2.69 bits per heavy atom. The minimum Gasteiger partial charge on any atom is -0.350 e. The van der Waals surface area contributed by atoms with E-state index in [1.807, 2.05) is 85.4 Å². The lowest BCUT2D eigenvalue weighted by Gasteiger charge is -2.09. The van der Waals surface area contributed by atoms with Gasteiger partial charge in [-0.3, -0.25) is 9.78 Å². The molecule has 0 unspecified atom stereocenters. The molecule has 0 bridgehead atoms. The third-order valence-corrected chi connectivity index (χ3v) is 4.79. The standard InChI is InChI=1S/C23H23N5O/c1-17-7-5-9-19(15-17)28-22(16-20(26-28)21-10-6-14-27(21)2)23(29)25-13-11-18-8-3-4-12-24-18/h3-10,12,14-16H,11,13H2,1-2H3,(H,25,29). The predicted molar refractivity (Wildman–Crippen MR) is 113 cm³/mol. The third kappa shape index (κ3) is 4.11. The highest BCUT2D eigenvalue weighted by atomic mass is 16.2. The van der Waals surface area contributed by atoms with Crippen molar-refractivity contribution >= 4 is 5.91 Å². The van der Waals surface area contributed by atoms with Crippen LogP contribution in [-0.4, -0.2) is 31.8 Å². The van der Waals surface area contributed by atoms with Gasteiger partial charge in [0, 0.05) is 38.1 Å². The second-order valence-electron chi connectivity index (χ2n) is 7.00. The molecule has 6 heteroatoms. The Balaban J connectivity index is 1.62. The summed E-state index contributed by atoms with van der Waals surface area (Å²) in [5.41, 5.74) is 5.14. The van der Waals surface area contributed by atoms with Crippen LogP contribution in [0.3, 0.4) is 0 Å². The highest BCUT2D eigenvalue weighted by Gasteiger charge is 2.18. The van der Waals surface area contributed by atoms with Gasteiger partial charge in [-0.15, -0.1) is 0 Å². The molecule has 0 saturated heterocycles. The maximum atomic E-state index is 13.0. The highest BCUT2D eigenvalue weighted by molar-refractivity contribution is 5.94. The van der Waals surface area contributed by atoms with Gasteiger partial charge in [0.1, 0.15) is 11.4 Å². The number of benzene rings is 1. The van der Waals surface area contributed by atoms with Crippen LogP contribution in [0.5, 0.6) is 0 Å². The lowest BCUT2D eigenvalue weighted by Crippen LogP contribution is -2.28. The average Bonchev–Trinajstić information content (AvgIpc) is 3.35. The Bertz CT molecular complexity index is 1130. The fourth-order valence-corrected chi connectivity index (χ4v) is 3.29. The summed E-state index contributed by atoms with van der Waals surface area (Å²) in [4.78, 5) is 17.3. The third-order valence-electron chi connectivity index (χ3n) is 4.79. The molecule has 4 rings (SSSR count). The summed E-state index contributed by atoms with van der Waals surface area (Å²) in [5.74, 6) is -0.157.